The number of aromatic nitrogens is 4. The standard InChI is InChI=1S/C62H71ClFN9O10S/c1-7-53(76)71-20-22-72(23-21-71)59-48-31-49(63)55(47-29-43(74)28-42-10-8-9-11-46(42)47)56(64)57(48)67-62(68-59)82-37(4)33-70-18-16-45(17-19-70)80-26-24-79-25-27-81-52-32-51(83-69-52)54(36(2)3)61(78)73-34-44(75)30-50(73)60(77)66-38(5)40-12-14-41(15-13-40)58-39(6)65-35-84-58/h7-15,28-29,31-32,35-38,44-45,50,54,74-75H,1,16-27,30,33-34H2,2-6H3,(H,66,77)/t37-,38+,44-,50+,54-/m1/s1. The van der Waals surface area contributed by atoms with E-state index in [1.54, 1.807) is 34.4 Å². The molecule has 5 atom stereocenters. The summed E-state index contributed by atoms with van der Waals surface area (Å²) in [5.41, 5.74) is 5.29. The Hall–Kier alpha value is -7.27. The van der Waals surface area contributed by atoms with Crippen LogP contribution in [-0.2, 0) is 23.9 Å². The molecule has 444 valence electrons. The van der Waals surface area contributed by atoms with Gasteiger partial charge in [0.15, 0.2) is 11.6 Å². The number of benzene rings is 4. The van der Waals surface area contributed by atoms with Gasteiger partial charge in [-0.2, -0.15) is 9.97 Å². The quantitative estimate of drug-likeness (QED) is 0.0426. The number of aromatic hydroxyl groups is 1. The summed E-state index contributed by atoms with van der Waals surface area (Å²) in [4.78, 5) is 62.8. The number of anilines is 1. The molecule has 0 bridgehead atoms. The minimum atomic E-state index is -0.864. The highest BCUT2D eigenvalue weighted by molar-refractivity contribution is 7.13. The predicted octanol–water partition coefficient (Wildman–Crippen LogP) is 9.13. The fourth-order valence-electron chi connectivity index (χ4n) is 11.5. The second kappa shape index (κ2) is 26.8. The monoisotopic (exact) mass is 1190 g/mol. The van der Waals surface area contributed by atoms with Crippen molar-refractivity contribution in [2.75, 3.05) is 83.7 Å². The van der Waals surface area contributed by atoms with Crippen LogP contribution in [-0.4, -0.2) is 166 Å². The molecular weight excluding hydrogens is 1120 g/mol. The Labute approximate surface area is 496 Å². The number of aryl methyl sites for hydroxylation is 1. The predicted molar refractivity (Wildman–Crippen MR) is 319 cm³/mol. The van der Waals surface area contributed by atoms with E-state index >= 15 is 4.39 Å². The number of β-amino-alcohol motifs (C(OH)–C–C–N with tert-alkyl or cyclic N) is 1. The van der Waals surface area contributed by atoms with Gasteiger partial charge in [-0.25, -0.2) is 9.37 Å². The number of nitrogens with zero attached hydrogens (tertiary/aromatic N) is 8. The van der Waals surface area contributed by atoms with E-state index in [4.69, 9.17) is 40.1 Å². The zero-order valence-electron chi connectivity index (χ0n) is 47.8. The number of ether oxygens (including phenoxy) is 4. The first-order valence-corrected chi connectivity index (χ1v) is 29.8. The van der Waals surface area contributed by atoms with E-state index in [-0.39, 0.29) is 102 Å². The molecule has 7 aromatic rings. The Kier molecular flexibility index (Phi) is 19.1. The topological polar surface area (TPSA) is 218 Å². The molecule has 3 aliphatic rings. The molecule has 10 rings (SSSR count). The number of phenols is 1. The number of hydrogen-bond acceptors (Lipinski definition) is 17. The number of nitrogens with one attached hydrogen (secondary N) is 1. The normalized spacial score (nSPS) is 18.1. The lowest BCUT2D eigenvalue weighted by molar-refractivity contribution is -0.141. The summed E-state index contributed by atoms with van der Waals surface area (Å²) in [7, 11) is 0. The average Bonchev–Trinajstić information content (AvgIpc) is 1.65. The molecule has 0 unspecified atom stereocenters. The van der Waals surface area contributed by atoms with E-state index in [1.807, 2.05) is 93.6 Å². The largest absolute Gasteiger partial charge is 0.508 e. The van der Waals surface area contributed by atoms with Crippen molar-refractivity contribution >= 4 is 68.2 Å². The van der Waals surface area contributed by atoms with E-state index in [1.165, 1.54) is 17.0 Å². The third kappa shape index (κ3) is 13.6. The summed E-state index contributed by atoms with van der Waals surface area (Å²) in [6, 6.07) is 20.5. The van der Waals surface area contributed by atoms with E-state index < -0.39 is 23.9 Å². The zero-order valence-corrected chi connectivity index (χ0v) is 49.4. The highest BCUT2D eigenvalue weighted by atomic mass is 35.5. The maximum Gasteiger partial charge on any atom is 0.319 e. The van der Waals surface area contributed by atoms with Gasteiger partial charge in [0.2, 0.25) is 17.7 Å². The molecule has 3 saturated heterocycles. The Balaban J connectivity index is 0.675. The second-order valence-corrected chi connectivity index (χ2v) is 23.3. The van der Waals surface area contributed by atoms with Gasteiger partial charge in [-0.3, -0.25) is 19.3 Å². The van der Waals surface area contributed by atoms with Crippen molar-refractivity contribution in [3.63, 3.8) is 0 Å². The number of piperazine rings is 1. The number of fused-ring (bicyclic) bond motifs is 2. The SMILES string of the molecule is C=CC(=O)N1CCN(c2nc(O[C@H](C)CN3CCC(OCCOCCOc4cc([C@H](C(=O)N5C[C@H](O)C[C@H]5C(=O)N[C@@H](C)c5ccc(-c6scnc6C)cc5)C(C)C)on4)CC3)nc3c(F)c(-c4cc(O)cc5ccccc45)c(Cl)cc23)CC1. The highest BCUT2D eigenvalue weighted by Crippen LogP contribution is 2.43. The summed E-state index contributed by atoms with van der Waals surface area (Å²) in [5.74, 6) is -1.60. The number of piperidine rings is 1. The number of carbonyl (C=O) groups is 3. The Bertz CT molecular complexity index is 3480. The number of phenolic OH excluding ortho intramolecular Hbond substituents is 1. The van der Waals surface area contributed by atoms with Crippen molar-refractivity contribution in [3.05, 3.63) is 119 Å². The number of aliphatic hydroxyl groups excluding tert-OH is 1. The molecule has 0 spiro atoms. The first-order valence-electron chi connectivity index (χ1n) is 28.6. The fraction of sp³-hybridized carbons (Fsp3) is 0.435. The molecule has 0 saturated carbocycles. The molecule has 0 radical (unpaired) electrons. The minimum Gasteiger partial charge on any atom is -0.508 e. The molecule has 22 heteroatoms. The molecule has 0 aliphatic carbocycles. The second-order valence-electron chi connectivity index (χ2n) is 22.1. The van der Waals surface area contributed by atoms with Crippen molar-refractivity contribution in [2.45, 2.75) is 90.2 Å². The Morgan fingerprint density at radius 3 is 2.42 bits per heavy atom. The number of rotatable bonds is 22. The first-order chi connectivity index (χ1) is 40.5. The third-order valence-electron chi connectivity index (χ3n) is 15.8. The minimum absolute atomic E-state index is 0.00738. The smallest absolute Gasteiger partial charge is 0.319 e. The molecule has 84 heavy (non-hydrogen) atoms. The molecule has 4 aromatic carbocycles. The average molecular weight is 1190 g/mol. The lowest BCUT2D eigenvalue weighted by Crippen LogP contribution is -2.48. The first kappa shape index (κ1) is 59.9. The summed E-state index contributed by atoms with van der Waals surface area (Å²) >= 11 is 8.51. The van der Waals surface area contributed by atoms with Crippen molar-refractivity contribution in [1.82, 2.24) is 40.1 Å². The number of amides is 3. The van der Waals surface area contributed by atoms with Gasteiger partial charge < -0.3 is 53.7 Å². The summed E-state index contributed by atoms with van der Waals surface area (Å²) in [5, 5.41) is 30.5. The van der Waals surface area contributed by atoms with Crippen LogP contribution < -0.4 is 19.7 Å². The van der Waals surface area contributed by atoms with Crippen LogP contribution in [0.5, 0.6) is 17.6 Å². The van der Waals surface area contributed by atoms with Crippen LogP contribution >= 0.6 is 22.9 Å². The zero-order chi connectivity index (χ0) is 59.2. The van der Waals surface area contributed by atoms with Crippen LogP contribution in [0.25, 0.3) is 43.2 Å². The van der Waals surface area contributed by atoms with Crippen molar-refractivity contribution < 1.29 is 52.5 Å². The summed E-state index contributed by atoms with van der Waals surface area (Å²) < 4.78 is 47.1. The molecule has 6 heterocycles. The van der Waals surface area contributed by atoms with Crippen LogP contribution in [0.15, 0.2) is 95.5 Å². The number of hydrogen-bond donors (Lipinski definition) is 3. The number of likely N-dealkylation sites (tertiary alicyclic amines) is 2. The van der Waals surface area contributed by atoms with Gasteiger partial charge in [0.05, 0.1) is 59.2 Å². The van der Waals surface area contributed by atoms with Crippen LogP contribution in [0, 0.1) is 18.7 Å². The van der Waals surface area contributed by atoms with Gasteiger partial charge in [-0.15, -0.1) is 11.3 Å². The van der Waals surface area contributed by atoms with Gasteiger partial charge in [-0.1, -0.05) is 80.6 Å². The summed E-state index contributed by atoms with van der Waals surface area (Å²) in [6.45, 7) is 18.2. The Morgan fingerprint density at radius 1 is 0.940 bits per heavy atom. The van der Waals surface area contributed by atoms with Crippen molar-refractivity contribution in [2.24, 2.45) is 5.92 Å². The third-order valence-corrected chi connectivity index (χ3v) is 17.1. The van der Waals surface area contributed by atoms with E-state index in [2.05, 4.69) is 31.9 Å². The molecule has 3 aliphatic heterocycles. The number of thiazole rings is 1. The highest BCUT2D eigenvalue weighted by Gasteiger charge is 2.44. The van der Waals surface area contributed by atoms with Gasteiger partial charge in [0.1, 0.15) is 41.8 Å². The van der Waals surface area contributed by atoms with Gasteiger partial charge in [0.25, 0.3) is 5.88 Å². The molecular formula is C62H71ClFN9O10S. The molecule has 3 aromatic heterocycles. The van der Waals surface area contributed by atoms with Gasteiger partial charge >= 0.3 is 6.01 Å². The van der Waals surface area contributed by atoms with Crippen molar-refractivity contribution in [1.29, 1.82) is 0 Å². The molecule has 3 N–H and O–H groups in total. The van der Waals surface area contributed by atoms with Crippen molar-refractivity contribution in [3.8, 4) is 39.2 Å². The number of aliphatic hydroxyl groups is 1. The molecule has 3 amide bonds. The van der Waals surface area contributed by atoms with Gasteiger partial charge in [-0.05, 0) is 96.4 Å². The number of halogens is 2. The van der Waals surface area contributed by atoms with Gasteiger partial charge in [0, 0.05) is 75.8 Å². The fourth-order valence-corrected chi connectivity index (χ4v) is 12.6. The van der Waals surface area contributed by atoms with E-state index in [9.17, 15) is 24.6 Å². The molecule has 19 nitrogen and oxygen atoms in total. The Morgan fingerprint density at radius 2 is 1.69 bits per heavy atom. The summed E-state index contributed by atoms with van der Waals surface area (Å²) in [6.07, 6.45) is 1.83. The maximum absolute atomic E-state index is 17.2. The van der Waals surface area contributed by atoms with Crippen LogP contribution in [0.2, 0.25) is 5.02 Å². The molecule has 3 fully saturated rings. The number of carbonyl (C=O) groups excluding carboxylic acids is 3. The maximum atomic E-state index is 17.2. The lowest BCUT2D eigenvalue weighted by Gasteiger charge is -2.35. The van der Waals surface area contributed by atoms with Crippen LogP contribution in [0.3, 0.4) is 0 Å². The lowest BCUT2D eigenvalue weighted by atomic mass is 9.91. The van der Waals surface area contributed by atoms with E-state index in [0.29, 0.717) is 73.9 Å². The van der Waals surface area contributed by atoms with E-state index in [0.717, 1.165) is 53.0 Å². The van der Waals surface area contributed by atoms with Crippen LogP contribution in [0.4, 0.5) is 10.2 Å². The van der Waals surface area contributed by atoms with Crippen LogP contribution in [0.1, 0.15) is 75.9 Å².